The van der Waals surface area contributed by atoms with Crippen molar-refractivity contribution in [3.8, 4) is 0 Å². The normalized spacial score (nSPS) is 23.5. The molecule has 5 rings (SSSR count). The van der Waals surface area contributed by atoms with Gasteiger partial charge in [-0.25, -0.2) is 0 Å². The number of hydrogen-bond acceptors (Lipinski definition) is 9. The molecule has 3 unspecified atom stereocenters. The third-order valence-electron chi connectivity index (χ3n) is 8.34. The summed E-state index contributed by atoms with van der Waals surface area (Å²) in [6.45, 7) is 5.38. The second-order valence-electron chi connectivity index (χ2n) is 10.7. The zero-order valence-corrected chi connectivity index (χ0v) is 24.9. The number of carbonyl (C=O) groups excluding carboxylic acids is 2. The highest BCUT2D eigenvalue weighted by Crippen LogP contribution is 2.41. The average molecular weight is 600 g/mol. The average Bonchev–Trinajstić information content (AvgIpc) is 3.66. The lowest BCUT2D eigenvalue weighted by Crippen LogP contribution is -2.57. The molecule has 11 heteroatoms. The van der Waals surface area contributed by atoms with Crippen molar-refractivity contribution >= 4 is 28.8 Å². The van der Waals surface area contributed by atoms with E-state index in [1.54, 1.807) is 16.2 Å². The lowest BCUT2D eigenvalue weighted by atomic mass is 9.82. The molecule has 2 saturated heterocycles. The van der Waals surface area contributed by atoms with Crippen LogP contribution in [0.5, 0.6) is 0 Å². The summed E-state index contributed by atoms with van der Waals surface area (Å²) in [5.41, 5.74) is 1.45. The first-order valence-electron chi connectivity index (χ1n) is 14.8. The van der Waals surface area contributed by atoms with E-state index in [0.29, 0.717) is 77.8 Å². The van der Waals surface area contributed by atoms with Gasteiger partial charge in [-0.15, -0.1) is 0 Å². The number of hydrogen-bond donors (Lipinski definition) is 2. The summed E-state index contributed by atoms with van der Waals surface area (Å²) in [4.78, 5) is 30.9. The van der Waals surface area contributed by atoms with Gasteiger partial charge in [-0.3, -0.25) is 9.59 Å². The third kappa shape index (κ3) is 6.65. The molecule has 3 atom stereocenters. The topological polar surface area (TPSA) is 110 Å². The first-order chi connectivity index (χ1) is 20.6. The van der Waals surface area contributed by atoms with Crippen molar-refractivity contribution in [1.82, 2.24) is 10.2 Å². The minimum atomic E-state index is -0.665. The van der Waals surface area contributed by atoms with Crippen LogP contribution in [-0.4, -0.2) is 93.0 Å². The van der Waals surface area contributed by atoms with E-state index in [2.05, 4.69) is 21.7 Å². The molecule has 0 bridgehead atoms. The van der Waals surface area contributed by atoms with E-state index in [-0.39, 0.29) is 30.3 Å². The van der Waals surface area contributed by atoms with Crippen LogP contribution in [0.2, 0.25) is 0 Å². The Morgan fingerprint density at radius 3 is 2.57 bits per heavy atom. The van der Waals surface area contributed by atoms with Gasteiger partial charge in [-0.2, -0.15) is 11.3 Å². The molecule has 2 aromatic rings. The first kappa shape index (κ1) is 30.5. The summed E-state index contributed by atoms with van der Waals surface area (Å²) in [5, 5.41) is 16.0. The molecule has 0 radical (unpaired) electrons. The first-order valence-corrected chi connectivity index (χ1v) is 15.7. The number of thiophene rings is 1. The van der Waals surface area contributed by atoms with Gasteiger partial charge in [0.2, 0.25) is 12.2 Å². The van der Waals surface area contributed by atoms with Gasteiger partial charge in [0.25, 0.3) is 5.91 Å². The van der Waals surface area contributed by atoms with Crippen molar-refractivity contribution in [1.29, 1.82) is 0 Å². The number of carbonyl (C=O) groups is 2. The molecule has 3 aliphatic rings. The number of piperidine rings is 1. The Morgan fingerprint density at radius 1 is 1.12 bits per heavy atom. The molecule has 42 heavy (non-hydrogen) atoms. The molecule has 3 aliphatic heterocycles. The highest BCUT2D eigenvalue weighted by atomic mass is 32.1. The summed E-state index contributed by atoms with van der Waals surface area (Å²) in [6.07, 6.45) is 3.11. The van der Waals surface area contributed by atoms with Crippen molar-refractivity contribution in [2.75, 3.05) is 64.3 Å². The molecule has 1 aromatic carbocycles. The Kier molecular flexibility index (Phi) is 10.5. The van der Waals surface area contributed by atoms with E-state index >= 15 is 0 Å². The number of rotatable bonds is 13. The number of para-hydroxylation sites is 1. The molecule has 10 nitrogen and oxygen atoms in total. The number of allylic oxidation sites excluding steroid dienone is 1. The standard InChI is InChI=1S/C31H41N3O7S/c1-2-40-29-25(8-15-38-17-18-39-16-14-35)26(23-9-19-42-21-23)20-27(41-29)28(36)33-12-10-31(11-13-33)30(37)32-22-34(31)24-6-4-3-5-7-24/h3-7,9,19-21,25-26,29,35H,2,8,10-18,22H2,1H3,(H,32,37). The highest BCUT2D eigenvalue weighted by Gasteiger charge is 2.51. The minimum absolute atomic E-state index is 0.00900. The number of ether oxygens (including phenoxy) is 4. The molecular formula is C31H41N3O7S. The fourth-order valence-corrected chi connectivity index (χ4v) is 6.86. The lowest BCUT2D eigenvalue weighted by Gasteiger charge is -2.44. The number of anilines is 1. The maximum Gasteiger partial charge on any atom is 0.288 e. The van der Waals surface area contributed by atoms with Crippen LogP contribution >= 0.6 is 11.3 Å². The number of nitrogens with one attached hydrogen (secondary N) is 1. The van der Waals surface area contributed by atoms with Crippen molar-refractivity contribution in [2.45, 2.75) is 43.9 Å². The number of benzene rings is 1. The van der Waals surface area contributed by atoms with Gasteiger partial charge in [-0.05, 0) is 66.8 Å². The van der Waals surface area contributed by atoms with E-state index < -0.39 is 11.8 Å². The molecule has 0 aliphatic carbocycles. The van der Waals surface area contributed by atoms with Crippen molar-refractivity contribution in [2.24, 2.45) is 5.92 Å². The monoisotopic (exact) mass is 599 g/mol. The van der Waals surface area contributed by atoms with Gasteiger partial charge < -0.3 is 39.2 Å². The second-order valence-corrected chi connectivity index (χ2v) is 11.5. The summed E-state index contributed by atoms with van der Waals surface area (Å²) >= 11 is 1.62. The van der Waals surface area contributed by atoms with Crippen LogP contribution in [0.4, 0.5) is 5.69 Å². The summed E-state index contributed by atoms with van der Waals surface area (Å²) in [7, 11) is 0. The van der Waals surface area contributed by atoms with E-state index in [0.717, 1.165) is 11.3 Å². The molecule has 1 spiro atoms. The van der Waals surface area contributed by atoms with Crippen LogP contribution in [0.15, 0.2) is 59.0 Å². The largest absolute Gasteiger partial charge is 0.459 e. The Morgan fingerprint density at radius 2 is 1.88 bits per heavy atom. The van der Waals surface area contributed by atoms with Crippen LogP contribution in [-0.2, 0) is 28.5 Å². The van der Waals surface area contributed by atoms with Gasteiger partial charge in [-0.1, -0.05) is 18.2 Å². The van der Waals surface area contributed by atoms with E-state index in [4.69, 9.17) is 24.1 Å². The van der Waals surface area contributed by atoms with Crippen LogP contribution < -0.4 is 10.2 Å². The Balaban J connectivity index is 1.28. The number of amides is 2. The number of nitrogens with zero attached hydrogens (tertiary/aromatic N) is 2. The van der Waals surface area contributed by atoms with E-state index in [1.807, 2.05) is 48.7 Å². The van der Waals surface area contributed by atoms with Crippen molar-refractivity contribution in [3.63, 3.8) is 0 Å². The fraction of sp³-hybridized carbons (Fsp3) is 0.548. The zero-order valence-electron chi connectivity index (χ0n) is 24.1. The van der Waals surface area contributed by atoms with E-state index in [9.17, 15) is 9.59 Å². The molecule has 2 N–H and O–H groups in total. The SMILES string of the molecule is CCOC1OC(C(=O)N2CCC3(CC2)C(=O)NCN3c2ccccc2)=CC(c2ccsc2)C1CCOCCOCCO. The Bertz CT molecular complexity index is 1180. The predicted molar refractivity (Wildman–Crippen MR) is 159 cm³/mol. The van der Waals surface area contributed by atoms with Crippen LogP contribution in [0.1, 0.15) is 37.7 Å². The fourth-order valence-electron chi connectivity index (χ4n) is 6.15. The lowest BCUT2D eigenvalue weighted by molar-refractivity contribution is -0.172. The molecule has 2 amide bonds. The number of aliphatic hydroxyl groups is 1. The van der Waals surface area contributed by atoms with Gasteiger partial charge >= 0.3 is 0 Å². The van der Waals surface area contributed by atoms with Crippen LogP contribution in [0, 0.1) is 5.92 Å². The van der Waals surface area contributed by atoms with Gasteiger partial charge in [0, 0.05) is 43.8 Å². The molecule has 1 aromatic heterocycles. The smallest absolute Gasteiger partial charge is 0.288 e. The molecule has 2 fully saturated rings. The maximum atomic E-state index is 13.9. The predicted octanol–water partition coefficient (Wildman–Crippen LogP) is 3.10. The quantitative estimate of drug-likeness (QED) is 0.338. The molecule has 0 saturated carbocycles. The van der Waals surface area contributed by atoms with Crippen molar-refractivity contribution in [3.05, 3.63) is 64.6 Å². The van der Waals surface area contributed by atoms with E-state index in [1.165, 1.54) is 0 Å². The maximum absolute atomic E-state index is 13.9. The van der Waals surface area contributed by atoms with Gasteiger partial charge in [0.15, 0.2) is 5.76 Å². The molecule has 4 heterocycles. The van der Waals surface area contributed by atoms with Crippen molar-refractivity contribution < 1.29 is 33.6 Å². The van der Waals surface area contributed by atoms with Crippen LogP contribution in [0.3, 0.4) is 0 Å². The number of likely N-dealkylation sites (tertiary alicyclic amines) is 1. The summed E-state index contributed by atoms with van der Waals surface area (Å²) < 4.78 is 23.4. The molecule has 228 valence electrons. The van der Waals surface area contributed by atoms with Gasteiger partial charge in [0.05, 0.1) is 33.1 Å². The summed E-state index contributed by atoms with van der Waals surface area (Å²) in [6, 6.07) is 12.0. The van der Waals surface area contributed by atoms with Crippen LogP contribution in [0.25, 0.3) is 0 Å². The van der Waals surface area contributed by atoms with Gasteiger partial charge in [0.1, 0.15) is 5.54 Å². The third-order valence-corrected chi connectivity index (χ3v) is 9.04. The highest BCUT2D eigenvalue weighted by molar-refractivity contribution is 7.08. The number of aliphatic hydroxyl groups excluding tert-OH is 1. The molecular weight excluding hydrogens is 558 g/mol. The minimum Gasteiger partial charge on any atom is -0.459 e. The second kappa shape index (κ2) is 14.5. The Labute approximate surface area is 251 Å². The Hall–Kier alpha value is -2.96. The zero-order chi connectivity index (χ0) is 29.4. The summed E-state index contributed by atoms with van der Waals surface area (Å²) in [5.74, 6) is 0.0347.